The summed E-state index contributed by atoms with van der Waals surface area (Å²) in [5, 5.41) is 10.2. The fourth-order valence-corrected chi connectivity index (χ4v) is 2.37. The summed E-state index contributed by atoms with van der Waals surface area (Å²) >= 11 is 4.20. The van der Waals surface area contributed by atoms with Crippen molar-refractivity contribution in [1.82, 2.24) is 0 Å². The Balaban J connectivity index is 0. The van der Waals surface area contributed by atoms with Crippen LogP contribution in [0.1, 0.15) is 83.5 Å². The SMILES string of the molecule is O=C([O-])CCCCCCCCCCCCCCS.[Li+]. The number of carboxylic acid groups (broad SMARTS) is 1. The Morgan fingerprint density at radius 1 is 0.684 bits per heavy atom. The fraction of sp³-hybridized carbons (Fsp3) is 0.933. The van der Waals surface area contributed by atoms with E-state index in [1.165, 1.54) is 64.2 Å². The quantitative estimate of drug-likeness (QED) is 0.290. The maximum atomic E-state index is 10.2. The molecule has 0 fully saturated rings. The first kappa shape index (κ1) is 21.7. The molecule has 0 heterocycles. The molecule has 0 unspecified atom stereocenters. The second kappa shape index (κ2) is 18.4. The molecule has 0 saturated carbocycles. The van der Waals surface area contributed by atoms with Crippen molar-refractivity contribution in [2.75, 3.05) is 5.75 Å². The molecular weight excluding hydrogens is 251 g/mol. The number of carbonyl (C=O) groups excluding carboxylic acids is 1. The van der Waals surface area contributed by atoms with Crippen LogP contribution >= 0.6 is 12.6 Å². The molecule has 19 heavy (non-hydrogen) atoms. The molecule has 0 aromatic rings. The molecule has 0 N–H and O–H groups in total. The number of thiol groups is 1. The molecule has 0 aromatic heterocycles. The number of hydrogen-bond acceptors (Lipinski definition) is 3. The van der Waals surface area contributed by atoms with Gasteiger partial charge in [0.15, 0.2) is 0 Å². The van der Waals surface area contributed by atoms with Crippen LogP contribution in [0.15, 0.2) is 0 Å². The molecule has 4 heteroatoms. The predicted molar refractivity (Wildman–Crippen MR) is 78.9 cm³/mol. The van der Waals surface area contributed by atoms with E-state index >= 15 is 0 Å². The van der Waals surface area contributed by atoms with Crippen molar-refractivity contribution in [1.29, 1.82) is 0 Å². The summed E-state index contributed by atoms with van der Waals surface area (Å²) in [6.07, 6.45) is 15.2. The summed E-state index contributed by atoms with van der Waals surface area (Å²) in [5.74, 6) is 0.116. The predicted octanol–water partition coefficient (Wildman–Crippen LogP) is 0.741. The number of carboxylic acids is 1. The molecule has 0 aliphatic carbocycles. The van der Waals surface area contributed by atoms with Crippen LogP contribution in [0, 0.1) is 0 Å². The van der Waals surface area contributed by atoms with Crippen molar-refractivity contribution in [3.63, 3.8) is 0 Å². The van der Waals surface area contributed by atoms with Crippen LogP contribution in [0.2, 0.25) is 0 Å². The van der Waals surface area contributed by atoms with Gasteiger partial charge < -0.3 is 9.90 Å². The first-order valence-corrected chi connectivity index (χ1v) is 8.21. The molecular formula is C15H29LiO2S. The summed E-state index contributed by atoms with van der Waals surface area (Å²) in [5.41, 5.74) is 0. The van der Waals surface area contributed by atoms with Gasteiger partial charge in [0.25, 0.3) is 0 Å². The van der Waals surface area contributed by atoms with E-state index < -0.39 is 5.97 Å². The van der Waals surface area contributed by atoms with Crippen molar-refractivity contribution in [2.45, 2.75) is 83.5 Å². The number of unbranched alkanes of at least 4 members (excludes halogenated alkanes) is 11. The number of carbonyl (C=O) groups is 1. The minimum Gasteiger partial charge on any atom is -0.550 e. The third kappa shape index (κ3) is 20.9. The van der Waals surface area contributed by atoms with E-state index in [2.05, 4.69) is 12.6 Å². The van der Waals surface area contributed by atoms with E-state index in [0.29, 0.717) is 0 Å². The maximum Gasteiger partial charge on any atom is 1.00 e. The van der Waals surface area contributed by atoms with Gasteiger partial charge in [0, 0.05) is 5.97 Å². The van der Waals surface area contributed by atoms with Gasteiger partial charge in [-0.25, -0.2) is 0 Å². The smallest absolute Gasteiger partial charge is 0.550 e. The Morgan fingerprint density at radius 3 is 1.32 bits per heavy atom. The van der Waals surface area contributed by atoms with E-state index in [1.807, 2.05) is 0 Å². The Hall–Kier alpha value is 0.417. The first-order chi connectivity index (χ1) is 8.77. The van der Waals surface area contributed by atoms with Crippen molar-refractivity contribution in [2.24, 2.45) is 0 Å². The maximum absolute atomic E-state index is 10.2. The van der Waals surface area contributed by atoms with Crippen LogP contribution in [0.4, 0.5) is 0 Å². The van der Waals surface area contributed by atoms with Gasteiger partial charge in [-0.3, -0.25) is 0 Å². The topological polar surface area (TPSA) is 40.1 Å². The summed E-state index contributed by atoms with van der Waals surface area (Å²) in [6.45, 7) is 0. The molecule has 2 nitrogen and oxygen atoms in total. The Bertz CT molecular complexity index is 189. The summed E-state index contributed by atoms with van der Waals surface area (Å²) in [7, 11) is 0. The van der Waals surface area contributed by atoms with Gasteiger partial charge >= 0.3 is 18.9 Å². The van der Waals surface area contributed by atoms with Crippen LogP contribution in [0.3, 0.4) is 0 Å². The average molecular weight is 280 g/mol. The first-order valence-electron chi connectivity index (χ1n) is 7.58. The number of aliphatic carboxylic acids is 1. The van der Waals surface area contributed by atoms with Crippen LogP contribution in [0.5, 0.6) is 0 Å². The largest absolute Gasteiger partial charge is 1.00 e. The minimum atomic E-state index is -0.909. The van der Waals surface area contributed by atoms with Crippen LogP contribution in [-0.2, 0) is 4.79 Å². The zero-order valence-electron chi connectivity index (χ0n) is 12.7. The molecule has 0 aromatic carbocycles. The van der Waals surface area contributed by atoms with Crippen LogP contribution in [-0.4, -0.2) is 11.7 Å². The van der Waals surface area contributed by atoms with E-state index in [0.717, 1.165) is 18.6 Å². The summed E-state index contributed by atoms with van der Waals surface area (Å²) < 4.78 is 0. The van der Waals surface area contributed by atoms with Gasteiger partial charge in [0.1, 0.15) is 0 Å². The van der Waals surface area contributed by atoms with Crippen molar-refractivity contribution in [3.05, 3.63) is 0 Å². The molecule has 108 valence electrons. The molecule has 0 bridgehead atoms. The van der Waals surface area contributed by atoms with Crippen molar-refractivity contribution < 1.29 is 28.8 Å². The van der Waals surface area contributed by atoms with E-state index in [9.17, 15) is 9.90 Å². The molecule has 0 aliphatic rings. The van der Waals surface area contributed by atoms with Crippen LogP contribution < -0.4 is 24.0 Å². The van der Waals surface area contributed by atoms with E-state index in [-0.39, 0.29) is 25.3 Å². The standard InChI is InChI=1S/C15H30O2S.Li/c16-15(17)13-11-9-7-5-3-1-2-4-6-8-10-12-14-18;/h18H,1-14H2,(H,16,17);/q;+1/p-1. The monoisotopic (exact) mass is 280 g/mol. The van der Waals surface area contributed by atoms with Crippen molar-refractivity contribution >= 4 is 18.6 Å². The van der Waals surface area contributed by atoms with Gasteiger partial charge in [-0.1, -0.05) is 64.2 Å². The Kier molecular flexibility index (Phi) is 21.0. The molecule has 0 atom stereocenters. The van der Waals surface area contributed by atoms with E-state index in [1.54, 1.807) is 0 Å². The third-order valence-corrected chi connectivity index (χ3v) is 3.61. The fourth-order valence-electron chi connectivity index (χ4n) is 2.15. The Morgan fingerprint density at radius 2 is 1.00 bits per heavy atom. The van der Waals surface area contributed by atoms with Gasteiger partial charge in [-0.05, 0) is 25.0 Å². The molecule has 0 spiro atoms. The van der Waals surface area contributed by atoms with Crippen molar-refractivity contribution in [3.8, 4) is 0 Å². The van der Waals surface area contributed by atoms with Crippen LogP contribution in [0.25, 0.3) is 0 Å². The molecule has 0 aliphatic heterocycles. The van der Waals surface area contributed by atoms with Gasteiger partial charge in [0.2, 0.25) is 0 Å². The molecule has 0 radical (unpaired) electrons. The van der Waals surface area contributed by atoms with E-state index in [4.69, 9.17) is 0 Å². The minimum absolute atomic E-state index is 0. The molecule has 0 amide bonds. The summed E-state index contributed by atoms with van der Waals surface area (Å²) in [6, 6.07) is 0. The second-order valence-corrected chi connectivity index (χ2v) is 5.54. The zero-order valence-corrected chi connectivity index (χ0v) is 13.6. The molecule has 0 rings (SSSR count). The third-order valence-electron chi connectivity index (χ3n) is 3.29. The number of rotatable bonds is 14. The second-order valence-electron chi connectivity index (χ2n) is 5.09. The average Bonchev–Trinajstić information content (AvgIpc) is 2.34. The van der Waals surface area contributed by atoms with Gasteiger partial charge in [-0.2, -0.15) is 12.6 Å². The van der Waals surface area contributed by atoms with Gasteiger partial charge in [-0.15, -0.1) is 0 Å². The van der Waals surface area contributed by atoms with Gasteiger partial charge in [0.05, 0.1) is 0 Å². The number of hydrogen-bond donors (Lipinski definition) is 1. The summed E-state index contributed by atoms with van der Waals surface area (Å²) in [4.78, 5) is 10.2. The Labute approximate surface area is 136 Å². The molecule has 0 saturated heterocycles. The normalized spacial score (nSPS) is 10.2. The zero-order chi connectivity index (χ0) is 13.5.